The lowest BCUT2D eigenvalue weighted by molar-refractivity contribution is 0.209. The van der Waals surface area contributed by atoms with Crippen molar-refractivity contribution >= 4 is 12.4 Å². The average molecular weight is 278 g/mol. The van der Waals surface area contributed by atoms with Gasteiger partial charge in [-0.2, -0.15) is 0 Å². The van der Waals surface area contributed by atoms with Gasteiger partial charge in [0.2, 0.25) is 0 Å². The number of fused-ring (bicyclic) bond motifs is 3. The minimum absolute atomic E-state index is 0. The Kier molecular flexibility index (Phi) is 3.98. The average Bonchev–Trinajstić information content (AvgIpc) is 2.45. The number of rotatable bonds is 2. The molecule has 1 unspecified atom stereocenters. The summed E-state index contributed by atoms with van der Waals surface area (Å²) < 4.78 is 11.4. The van der Waals surface area contributed by atoms with Crippen molar-refractivity contribution in [1.82, 2.24) is 0 Å². The van der Waals surface area contributed by atoms with E-state index < -0.39 is 0 Å². The highest BCUT2D eigenvalue weighted by molar-refractivity contribution is 5.85. The minimum Gasteiger partial charge on any atom is -0.496 e. The van der Waals surface area contributed by atoms with Gasteiger partial charge >= 0.3 is 0 Å². The number of halogens is 1. The SMILES string of the molecule is COc1cccc2c1-c1ccccc1C(CN)O2.Cl. The molecule has 1 atom stereocenters. The first kappa shape index (κ1) is 13.7. The molecule has 0 spiro atoms. The van der Waals surface area contributed by atoms with E-state index in [0.29, 0.717) is 6.54 Å². The monoisotopic (exact) mass is 277 g/mol. The highest BCUT2D eigenvalue weighted by Gasteiger charge is 2.26. The number of methoxy groups -OCH3 is 1. The lowest BCUT2D eigenvalue weighted by atomic mass is 9.92. The van der Waals surface area contributed by atoms with Crippen molar-refractivity contribution in [3.8, 4) is 22.6 Å². The molecule has 0 aliphatic carbocycles. The van der Waals surface area contributed by atoms with E-state index in [-0.39, 0.29) is 18.5 Å². The zero-order chi connectivity index (χ0) is 12.5. The van der Waals surface area contributed by atoms with Gasteiger partial charge in [0.15, 0.2) is 0 Å². The molecule has 0 fully saturated rings. The third-order valence-corrected chi connectivity index (χ3v) is 3.27. The van der Waals surface area contributed by atoms with Crippen molar-refractivity contribution in [3.63, 3.8) is 0 Å². The number of nitrogens with two attached hydrogens (primary N) is 1. The van der Waals surface area contributed by atoms with E-state index in [2.05, 4.69) is 12.1 Å². The zero-order valence-corrected chi connectivity index (χ0v) is 11.4. The second-order valence-corrected chi connectivity index (χ2v) is 4.26. The van der Waals surface area contributed by atoms with Gasteiger partial charge in [-0.05, 0) is 17.7 Å². The van der Waals surface area contributed by atoms with Gasteiger partial charge < -0.3 is 15.2 Å². The van der Waals surface area contributed by atoms with E-state index >= 15 is 0 Å². The van der Waals surface area contributed by atoms with Gasteiger partial charge in [-0.15, -0.1) is 12.4 Å². The Hall–Kier alpha value is -1.71. The predicted octanol–water partition coefficient (Wildman–Crippen LogP) is 3.18. The zero-order valence-electron chi connectivity index (χ0n) is 10.6. The molecule has 1 heterocycles. The van der Waals surface area contributed by atoms with E-state index in [0.717, 1.165) is 28.2 Å². The van der Waals surface area contributed by atoms with Crippen LogP contribution < -0.4 is 15.2 Å². The summed E-state index contributed by atoms with van der Waals surface area (Å²) in [6, 6.07) is 14.0. The lowest BCUT2D eigenvalue weighted by Gasteiger charge is -2.28. The second-order valence-electron chi connectivity index (χ2n) is 4.26. The van der Waals surface area contributed by atoms with Gasteiger partial charge in [-0.25, -0.2) is 0 Å². The van der Waals surface area contributed by atoms with Crippen LogP contribution in [-0.2, 0) is 0 Å². The van der Waals surface area contributed by atoms with E-state index in [1.165, 1.54) is 0 Å². The molecule has 0 saturated carbocycles. The van der Waals surface area contributed by atoms with Crippen molar-refractivity contribution in [2.24, 2.45) is 5.73 Å². The lowest BCUT2D eigenvalue weighted by Crippen LogP contribution is -2.22. The summed E-state index contributed by atoms with van der Waals surface area (Å²) in [7, 11) is 1.67. The van der Waals surface area contributed by atoms with Crippen LogP contribution in [-0.4, -0.2) is 13.7 Å². The molecular formula is C15H16ClNO2. The van der Waals surface area contributed by atoms with Crippen LogP contribution in [0.2, 0.25) is 0 Å². The maximum atomic E-state index is 5.95. The highest BCUT2D eigenvalue weighted by atomic mass is 35.5. The highest BCUT2D eigenvalue weighted by Crippen LogP contribution is 2.46. The molecule has 1 aliphatic heterocycles. The van der Waals surface area contributed by atoms with Crippen LogP contribution >= 0.6 is 12.4 Å². The Bertz CT molecular complexity index is 586. The molecule has 0 aromatic heterocycles. The molecule has 0 amide bonds. The molecule has 19 heavy (non-hydrogen) atoms. The van der Waals surface area contributed by atoms with Crippen LogP contribution in [0.5, 0.6) is 11.5 Å². The van der Waals surface area contributed by atoms with E-state index in [1.54, 1.807) is 7.11 Å². The first-order valence-electron chi connectivity index (χ1n) is 5.98. The Morgan fingerprint density at radius 2 is 1.95 bits per heavy atom. The number of benzene rings is 2. The summed E-state index contributed by atoms with van der Waals surface area (Å²) in [5.74, 6) is 1.67. The molecule has 2 N–H and O–H groups in total. The van der Waals surface area contributed by atoms with E-state index in [1.807, 2.05) is 30.3 Å². The summed E-state index contributed by atoms with van der Waals surface area (Å²) in [6.07, 6.45) is -0.0826. The Balaban J connectivity index is 0.00000133. The van der Waals surface area contributed by atoms with Gasteiger partial charge in [0.1, 0.15) is 17.6 Å². The van der Waals surface area contributed by atoms with Crippen molar-refractivity contribution in [1.29, 1.82) is 0 Å². The Morgan fingerprint density at radius 3 is 2.68 bits per heavy atom. The van der Waals surface area contributed by atoms with Crippen LogP contribution in [0.1, 0.15) is 11.7 Å². The molecule has 2 aromatic rings. The van der Waals surface area contributed by atoms with Crippen LogP contribution in [0.4, 0.5) is 0 Å². The predicted molar refractivity (Wildman–Crippen MR) is 78.1 cm³/mol. The standard InChI is InChI=1S/C15H15NO2.ClH/c1-17-12-7-4-8-13-15(12)11-6-3-2-5-10(11)14(9-16)18-13;/h2-8,14H,9,16H2,1H3;1H. The van der Waals surface area contributed by atoms with Gasteiger partial charge in [0.25, 0.3) is 0 Å². The fourth-order valence-corrected chi connectivity index (χ4v) is 2.44. The van der Waals surface area contributed by atoms with Crippen LogP contribution in [0.3, 0.4) is 0 Å². The molecule has 1 aliphatic rings. The molecule has 0 radical (unpaired) electrons. The second kappa shape index (κ2) is 5.51. The molecule has 2 aromatic carbocycles. The quantitative estimate of drug-likeness (QED) is 0.917. The first-order chi connectivity index (χ1) is 8.85. The Labute approximate surface area is 118 Å². The third-order valence-electron chi connectivity index (χ3n) is 3.27. The molecule has 3 nitrogen and oxygen atoms in total. The Morgan fingerprint density at radius 1 is 1.16 bits per heavy atom. The largest absolute Gasteiger partial charge is 0.496 e. The molecular weight excluding hydrogens is 262 g/mol. The molecule has 0 bridgehead atoms. The number of ether oxygens (including phenoxy) is 2. The minimum atomic E-state index is -0.0826. The van der Waals surface area contributed by atoms with Crippen molar-refractivity contribution < 1.29 is 9.47 Å². The van der Waals surface area contributed by atoms with Gasteiger partial charge in [0, 0.05) is 12.1 Å². The number of hydrogen-bond acceptors (Lipinski definition) is 3. The van der Waals surface area contributed by atoms with E-state index in [4.69, 9.17) is 15.2 Å². The summed E-state index contributed by atoms with van der Waals surface area (Å²) in [6.45, 7) is 0.466. The summed E-state index contributed by atoms with van der Waals surface area (Å²) >= 11 is 0. The van der Waals surface area contributed by atoms with Gasteiger partial charge in [0.05, 0.1) is 12.7 Å². The van der Waals surface area contributed by atoms with Crippen LogP contribution in [0.15, 0.2) is 42.5 Å². The summed E-state index contributed by atoms with van der Waals surface area (Å²) in [4.78, 5) is 0. The topological polar surface area (TPSA) is 44.5 Å². The van der Waals surface area contributed by atoms with Gasteiger partial charge in [-0.1, -0.05) is 30.3 Å². The molecule has 4 heteroatoms. The maximum absolute atomic E-state index is 5.95. The van der Waals surface area contributed by atoms with Crippen LogP contribution in [0.25, 0.3) is 11.1 Å². The summed E-state index contributed by atoms with van der Waals surface area (Å²) in [5, 5.41) is 0. The summed E-state index contributed by atoms with van der Waals surface area (Å²) in [5.41, 5.74) is 9.07. The fourth-order valence-electron chi connectivity index (χ4n) is 2.44. The van der Waals surface area contributed by atoms with Crippen LogP contribution in [0, 0.1) is 0 Å². The number of hydrogen-bond donors (Lipinski definition) is 1. The third kappa shape index (κ3) is 2.15. The molecule has 3 rings (SSSR count). The van der Waals surface area contributed by atoms with Crippen molar-refractivity contribution in [3.05, 3.63) is 48.0 Å². The first-order valence-corrected chi connectivity index (χ1v) is 5.98. The smallest absolute Gasteiger partial charge is 0.137 e. The maximum Gasteiger partial charge on any atom is 0.137 e. The van der Waals surface area contributed by atoms with Gasteiger partial charge in [-0.3, -0.25) is 0 Å². The van der Waals surface area contributed by atoms with Crippen molar-refractivity contribution in [2.45, 2.75) is 6.10 Å². The molecule has 100 valence electrons. The normalized spacial score (nSPS) is 15.6. The molecule has 0 saturated heterocycles. The fraction of sp³-hybridized carbons (Fsp3) is 0.200. The van der Waals surface area contributed by atoms with E-state index in [9.17, 15) is 0 Å². The van der Waals surface area contributed by atoms with Crippen molar-refractivity contribution in [2.75, 3.05) is 13.7 Å².